The summed E-state index contributed by atoms with van der Waals surface area (Å²) in [6.07, 6.45) is 0.925. The van der Waals surface area contributed by atoms with Gasteiger partial charge in [0.15, 0.2) is 5.78 Å². The van der Waals surface area contributed by atoms with Crippen LogP contribution in [-0.2, 0) is 4.79 Å². The lowest BCUT2D eigenvalue weighted by Crippen LogP contribution is -2.46. The maximum Gasteiger partial charge on any atom is 0.155 e. The first-order valence-corrected chi connectivity index (χ1v) is 5.95. The molecule has 0 heterocycles. The molecule has 1 N–H and O–H groups in total. The lowest BCUT2D eigenvalue weighted by atomic mass is 9.83. The maximum atomic E-state index is 12.2. The third-order valence-electron chi connectivity index (χ3n) is 2.30. The molecular formula is C13H27NO. The highest BCUT2D eigenvalue weighted by atomic mass is 16.1. The van der Waals surface area contributed by atoms with Gasteiger partial charge in [-0.2, -0.15) is 0 Å². The Labute approximate surface area is 94.8 Å². The van der Waals surface area contributed by atoms with E-state index >= 15 is 0 Å². The Morgan fingerprint density at radius 3 is 1.87 bits per heavy atom. The largest absolute Gasteiger partial charge is 0.305 e. The van der Waals surface area contributed by atoms with Crippen LogP contribution >= 0.6 is 0 Å². The summed E-state index contributed by atoms with van der Waals surface area (Å²) in [5.74, 6) is 0.873. The lowest BCUT2D eigenvalue weighted by molar-refractivity contribution is -0.129. The molecule has 0 aromatic heterocycles. The van der Waals surface area contributed by atoms with Crippen LogP contribution in [0.25, 0.3) is 0 Å². The quantitative estimate of drug-likeness (QED) is 0.760. The van der Waals surface area contributed by atoms with Crippen molar-refractivity contribution < 1.29 is 4.79 Å². The highest BCUT2D eigenvalue weighted by molar-refractivity contribution is 5.88. The highest BCUT2D eigenvalue weighted by Gasteiger charge is 2.30. The van der Waals surface area contributed by atoms with E-state index in [1.165, 1.54) is 0 Å². The minimum Gasteiger partial charge on any atom is -0.305 e. The number of rotatable bonds is 5. The Morgan fingerprint density at radius 1 is 1.13 bits per heavy atom. The molecular weight excluding hydrogens is 186 g/mol. The number of ketones is 1. The number of carbonyl (C=O) groups is 1. The highest BCUT2D eigenvalue weighted by Crippen LogP contribution is 2.20. The summed E-state index contributed by atoms with van der Waals surface area (Å²) in [6, 6.07) is 0.366. The first-order chi connectivity index (χ1) is 6.64. The van der Waals surface area contributed by atoms with Crippen molar-refractivity contribution in [3.05, 3.63) is 0 Å². The van der Waals surface area contributed by atoms with E-state index in [-0.39, 0.29) is 11.5 Å². The van der Waals surface area contributed by atoms with Crippen LogP contribution in [0.4, 0.5) is 0 Å². The van der Waals surface area contributed by atoms with E-state index < -0.39 is 0 Å². The summed E-state index contributed by atoms with van der Waals surface area (Å²) in [7, 11) is 0. The molecule has 0 fully saturated rings. The molecule has 0 spiro atoms. The predicted molar refractivity (Wildman–Crippen MR) is 66.0 cm³/mol. The molecule has 90 valence electrons. The van der Waals surface area contributed by atoms with Crippen molar-refractivity contribution >= 4 is 5.78 Å². The van der Waals surface area contributed by atoms with Gasteiger partial charge in [0.2, 0.25) is 0 Å². The minimum atomic E-state index is -0.249. The van der Waals surface area contributed by atoms with Gasteiger partial charge in [0, 0.05) is 11.5 Å². The van der Waals surface area contributed by atoms with Crippen molar-refractivity contribution in [1.82, 2.24) is 5.32 Å². The molecule has 1 atom stereocenters. The van der Waals surface area contributed by atoms with Crippen LogP contribution in [0.3, 0.4) is 0 Å². The van der Waals surface area contributed by atoms with Gasteiger partial charge in [-0.25, -0.2) is 0 Å². The summed E-state index contributed by atoms with van der Waals surface area (Å²) in [5.41, 5.74) is -0.249. The van der Waals surface area contributed by atoms with Gasteiger partial charge in [0.1, 0.15) is 0 Å². The Bertz CT molecular complexity index is 191. The van der Waals surface area contributed by atoms with Crippen molar-refractivity contribution in [2.24, 2.45) is 11.3 Å². The van der Waals surface area contributed by atoms with Crippen LogP contribution in [0.5, 0.6) is 0 Å². The van der Waals surface area contributed by atoms with Crippen LogP contribution in [0.1, 0.15) is 54.9 Å². The van der Waals surface area contributed by atoms with E-state index in [4.69, 9.17) is 0 Å². The SMILES string of the molecule is CC(C)CC(NC(C)C)C(=O)C(C)(C)C. The van der Waals surface area contributed by atoms with Gasteiger partial charge in [0.05, 0.1) is 6.04 Å². The number of nitrogens with one attached hydrogen (secondary N) is 1. The zero-order valence-electron chi connectivity index (χ0n) is 11.3. The smallest absolute Gasteiger partial charge is 0.155 e. The fraction of sp³-hybridized carbons (Fsp3) is 0.923. The topological polar surface area (TPSA) is 29.1 Å². The van der Waals surface area contributed by atoms with E-state index in [9.17, 15) is 4.79 Å². The minimum absolute atomic E-state index is 0.00463. The van der Waals surface area contributed by atoms with Crippen molar-refractivity contribution in [3.63, 3.8) is 0 Å². The van der Waals surface area contributed by atoms with Gasteiger partial charge in [-0.1, -0.05) is 48.5 Å². The van der Waals surface area contributed by atoms with Gasteiger partial charge >= 0.3 is 0 Å². The van der Waals surface area contributed by atoms with E-state index in [0.717, 1.165) is 6.42 Å². The Kier molecular flexibility index (Phi) is 5.50. The van der Waals surface area contributed by atoms with Gasteiger partial charge in [-0.3, -0.25) is 4.79 Å². The van der Waals surface area contributed by atoms with E-state index in [0.29, 0.717) is 17.7 Å². The van der Waals surface area contributed by atoms with Crippen LogP contribution in [0, 0.1) is 11.3 Å². The third-order valence-corrected chi connectivity index (χ3v) is 2.30. The fourth-order valence-electron chi connectivity index (χ4n) is 1.65. The number of carbonyl (C=O) groups excluding carboxylic acids is 1. The van der Waals surface area contributed by atoms with E-state index in [1.54, 1.807) is 0 Å². The second kappa shape index (κ2) is 5.64. The van der Waals surface area contributed by atoms with Crippen LogP contribution in [-0.4, -0.2) is 17.9 Å². The molecule has 2 nitrogen and oxygen atoms in total. The molecule has 15 heavy (non-hydrogen) atoms. The maximum absolute atomic E-state index is 12.2. The summed E-state index contributed by atoms with van der Waals surface area (Å²) in [5, 5.41) is 3.37. The van der Waals surface area contributed by atoms with E-state index in [2.05, 4.69) is 33.0 Å². The van der Waals surface area contributed by atoms with Crippen molar-refractivity contribution in [2.75, 3.05) is 0 Å². The molecule has 0 amide bonds. The van der Waals surface area contributed by atoms with Crippen LogP contribution in [0.15, 0.2) is 0 Å². The average molecular weight is 213 g/mol. The molecule has 0 rings (SSSR count). The van der Waals surface area contributed by atoms with Gasteiger partial charge in [0.25, 0.3) is 0 Å². The number of hydrogen-bond acceptors (Lipinski definition) is 2. The Hall–Kier alpha value is -0.370. The second-order valence-corrected chi connectivity index (χ2v) is 6.12. The Balaban J connectivity index is 4.55. The zero-order valence-corrected chi connectivity index (χ0v) is 11.3. The summed E-state index contributed by atoms with van der Waals surface area (Å²) in [6.45, 7) is 14.5. The lowest BCUT2D eigenvalue weighted by Gasteiger charge is -2.28. The van der Waals surface area contributed by atoms with E-state index in [1.807, 2.05) is 20.8 Å². The van der Waals surface area contributed by atoms with Crippen LogP contribution in [0.2, 0.25) is 0 Å². The first kappa shape index (κ1) is 14.6. The first-order valence-electron chi connectivity index (χ1n) is 5.95. The molecule has 0 saturated carbocycles. The normalized spacial score (nSPS) is 14.7. The molecule has 0 aliphatic rings. The standard InChI is InChI=1S/C13H27NO/c1-9(2)8-11(14-10(3)4)12(15)13(5,6)7/h9-11,14H,8H2,1-7H3. The molecule has 0 aliphatic carbocycles. The van der Waals surface area contributed by atoms with Crippen molar-refractivity contribution in [1.29, 1.82) is 0 Å². The molecule has 0 aromatic rings. The zero-order chi connectivity index (χ0) is 12.2. The molecule has 2 heteroatoms. The van der Waals surface area contributed by atoms with Crippen molar-refractivity contribution in [3.8, 4) is 0 Å². The Morgan fingerprint density at radius 2 is 1.60 bits per heavy atom. The summed E-state index contributed by atoms with van der Waals surface area (Å²) in [4.78, 5) is 12.2. The molecule has 0 bridgehead atoms. The monoisotopic (exact) mass is 213 g/mol. The average Bonchev–Trinajstić information content (AvgIpc) is 1.98. The molecule has 0 aromatic carbocycles. The number of hydrogen-bond donors (Lipinski definition) is 1. The van der Waals surface area contributed by atoms with Gasteiger partial charge < -0.3 is 5.32 Å². The molecule has 0 radical (unpaired) electrons. The predicted octanol–water partition coefficient (Wildman–Crippen LogP) is 3.01. The number of Topliss-reactive ketones (excluding diaryl/α,β-unsaturated/α-hetero) is 1. The second-order valence-electron chi connectivity index (χ2n) is 6.12. The van der Waals surface area contributed by atoms with Gasteiger partial charge in [-0.05, 0) is 12.3 Å². The third kappa shape index (κ3) is 5.93. The molecule has 1 unspecified atom stereocenters. The summed E-state index contributed by atoms with van der Waals surface area (Å²) >= 11 is 0. The fourth-order valence-corrected chi connectivity index (χ4v) is 1.65. The van der Waals surface area contributed by atoms with Crippen LogP contribution < -0.4 is 5.32 Å². The van der Waals surface area contributed by atoms with Crippen molar-refractivity contribution in [2.45, 2.75) is 67.0 Å². The molecule has 0 aliphatic heterocycles. The molecule has 0 saturated heterocycles. The summed E-state index contributed by atoms with van der Waals surface area (Å²) < 4.78 is 0. The van der Waals surface area contributed by atoms with Gasteiger partial charge in [-0.15, -0.1) is 0 Å².